The second kappa shape index (κ2) is 11.9. The van der Waals surface area contributed by atoms with Crippen LogP contribution in [0.25, 0.3) is 11.1 Å². The quantitative estimate of drug-likeness (QED) is 0.217. The molecule has 0 fully saturated rings. The van der Waals surface area contributed by atoms with Crippen molar-refractivity contribution in [3.05, 3.63) is 95.4 Å². The van der Waals surface area contributed by atoms with E-state index in [4.69, 9.17) is 18.9 Å². The smallest absolute Gasteiger partial charge is 0.338 e. The number of ether oxygens (including phenoxy) is 4. The molecule has 184 valence electrons. The minimum absolute atomic E-state index is 0.320. The zero-order valence-corrected chi connectivity index (χ0v) is 21.4. The molecule has 0 spiro atoms. The maximum Gasteiger partial charge on any atom is 0.338 e. The molecule has 6 nitrogen and oxygen atoms in total. The number of benzene rings is 2. The van der Waals surface area contributed by atoms with E-state index in [1.807, 2.05) is 49.4 Å². The third kappa shape index (κ3) is 7.74. The molecule has 0 unspecified atom stereocenters. The lowest BCUT2D eigenvalue weighted by atomic mass is 10.0. The summed E-state index contributed by atoms with van der Waals surface area (Å²) in [5, 5.41) is 0. The van der Waals surface area contributed by atoms with Crippen LogP contribution >= 0.6 is 0 Å². The van der Waals surface area contributed by atoms with Gasteiger partial charge in [-0.3, -0.25) is 0 Å². The Morgan fingerprint density at radius 1 is 0.629 bits per heavy atom. The van der Waals surface area contributed by atoms with Crippen molar-refractivity contribution in [2.45, 2.75) is 48.5 Å². The molecule has 35 heavy (non-hydrogen) atoms. The first kappa shape index (κ1) is 27.2. The molecule has 0 amide bonds. The van der Waals surface area contributed by atoms with Gasteiger partial charge < -0.3 is 18.9 Å². The Morgan fingerprint density at radius 3 is 1.49 bits per heavy atom. The summed E-state index contributed by atoms with van der Waals surface area (Å²) in [7, 11) is 0. The van der Waals surface area contributed by atoms with E-state index in [-0.39, 0.29) is 0 Å². The fraction of sp³-hybridized carbons (Fsp3) is 0.241. The van der Waals surface area contributed by atoms with Gasteiger partial charge in [-0.15, -0.1) is 0 Å². The molecule has 2 aromatic rings. The SMILES string of the molecule is C=C(C)C(=O)O/C(C)=C(\C)Oc1ccc(-c2ccc(O/C(C)=C(\C)OC(=O)C(=C)C)cc2C)cc1. The van der Waals surface area contributed by atoms with Crippen molar-refractivity contribution >= 4 is 11.9 Å². The highest BCUT2D eigenvalue weighted by Crippen LogP contribution is 2.30. The Labute approximate surface area is 207 Å². The van der Waals surface area contributed by atoms with Crippen LogP contribution in [0.2, 0.25) is 0 Å². The van der Waals surface area contributed by atoms with Crippen molar-refractivity contribution in [2.24, 2.45) is 0 Å². The molecule has 0 atom stereocenters. The second-order valence-electron chi connectivity index (χ2n) is 8.27. The van der Waals surface area contributed by atoms with Gasteiger partial charge >= 0.3 is 11.9 Å². The number of carbonyl (C=O) groups excluding carboxylic acids is 2. The van der Waals surface area contributed by atoms with Gasteiger partial charge in [-0.05, 0) is 89.4 Å². The Hall–Kier alpha value is -4.06. The lowest BCUT2D eigenvalue weighted by Crippen LogP contribution is -2.06. The van der Waals surface area contributed by atoms with E-state index in [1.165, 1.54) is 0 Å². The highest BCUT2D eigenvalue weighted by molar-refractivity contribution is 5.88. The number of aryl methyl sites for hydroxylation is 1. The number of esters is 2. The van der Waals surface area contributed by atoms with E-state index in [0.29, 0.717) is 45.7 Å². The Bertz CT molecular complexity index is 1210. The molecule has 2 rings (SSSR count). The van der Waals surface area contributed by atoms with Crippen LogP contribution in [0.4, 0.5) is 0 Å². The normalized spacial score (nSPS) is 12.1. The number of carbonyl (C=O) groups is 2. The van der Waals surface area contributed by atoms with Crippen molar-refractivity contribution in [1.29, 1.82) is 0 Å². The maximum atomic E-state index is 11.7. The van der Waals surface area contributed by atoms with Crippen molar-refractivity contribution < 1.29 is 28.5 Å². The summed E-state index contributed by atoms with van der Waals surface area (Å²) in [5.41, 5.74) is 3.70. The van der Waals surface area contributed by atoms with Gasteiger partial charge in [0.1, 0.15) is 34.5 Å². The molecule has 0 radical (unpaired) electrons. The van der Waals surface area contributed by atoms with Crippen molar-refractivity contribution in [2.75, 3.05) is 0 Å². The lowest BCUT2D eigenvalue weighted by Gasteiger charge is -2.13. The Balaban J connectivity index is 2.13. The van der Waals surface area contributed by atoms with Gasteiger partial charge in [0.05, 0.1) is 0 Å². The average molecular weight is 477 g/mol. The number of hydrogen-bond donors (Lipinski definition) is 0. The monoisotopic (exact) mass is 476 g/mol. The number of rotatable bonds is 9. The predicted octanol–water partition coefficient (Wildman–Crippen LogP) is 7.16. The van der Waals surface area contributed by atoms with E-state index in [1.54, 1.807) is 41.5 Å². The third-order valence-corrected chi connectivity index (χ3v) is 5.09. The van der Waals surface area contributed by atoms with Crippen LogP contribution in [-0.2, 0) is 19.1 Å². The highest BCUT2D eigenvalue weighted by atomic mass is 16.6. The number of allylic oxidation sites excluding steroid dienone is 4. The van der Waals surface area contributed by atoms with Gasteiger partial charge in [-0.25, -0.2) is 9.59 Å². The fourth-order valence-electron chi connectivity index (χ4n) is 2.82. The van der Waals surface area contributed by atoms with E-state index in [0.717, 1.165) is 16.7 Å². The zero-order valence-electron chi connectivity index (χ0n) is 21.4. The molecule has 0 bridgehead atoms. The summed E-state index contributed by atoms with van der Waals surface area (Å²) in [4.78, 5) is 23.4. The van der Waals surface area contributed by atoms with Crippen LogP contribution in [0.15, 0.2) is 89.8 Å². The molecule has 0 N–H and O–H groups in total. The molecule has 0 heterocycles. The van der Waals surface area contributed by atoms with Crippen molar-refractivity contribution in [3.8, 4) is 22.6 Å². The molecule has 2 aromatic carbocycles. The molecular formula is C29H32O6. The van der Waals surface area contributed by atoms with E-state index >= 15 is 0 Å². The lowest BCUT2D eigenvalue weighted by molar-refractivity contribution is -0.136. The van der Waals surface area contributed by atoms with Crippen molar-refractivity contribution in [3.63, 3.8) is 0 Å². The van der Waals surface area contributed by atoms with Crippen LogP contribution in [0.1, 0.15) is 47.1 Å². The summed E-state index contributed by atoms with van der Waals surface area (Å²) in [6.45, 7) is 19.1. The van der Waals surface area contributed by atoms with Gasteiger partial charge in [-0.2, -0.15) is 0 Å². The van der Waals surface area contributed by atoms with E-state index in [9.17, 15) is 9.59 Å². The van der Waals surface area contributed by atoms with Crippen LogP contribution in [-0.4, -0.2) is 11.9 Å². The van der Waals surface area contributed by atoms with Crippen LogP contribution in [0.5, 0.6) is 11.5 Å². The average Bonchev–Trinajstić information content (AvgIpc) is 2.79. The van der Waals surface area contributed by atoms with Crippen LogP contribution < -0.4 is 9.47 Å². The summed E-state index contributed by atoms with van der Waals surface area (Å²) in [6, 6.07) is 13.3. The largest absolute Gasteiger partial charge is 0.459 e. The molecule has 0 aromatic heterocycles. The molecular weight excluding hydrogens is 444 g/mol. The summed E-state index contributed by atoms with van der Waals surface area (Å²) < 4.78 is 22.1. The minimum Gasteiger partial charge on any atom is -0.459 e. The first-order valence-electron chi connectivity index (χ1n) is 11.1. The predicted molar refractivity (Wildman–Crippen MR) is 136 cm³/mol. The molecule has 0 aliphatic heterocycles. The Kier molecular flexibility index (Phi) is 9.23. The van der Waals surface area contributed by atoms with Gasteiger partial charge in [0.15, 0.2) is 0 Å². The fourth-order valence-corrected chi connectivity index (χ4v) is 2.82. The molecule has 6 heteroatoms. The standard InChI is InChI=1S/C29H32O6/c1-17(2)28(30)34-22(8)20(6)32-25-12-10-24(11-13-25)27-15-14-26(16-19(27)5)33-21(7)23(9)35-29(31)18(3)4/h10-16H,1,3H2,2,4-9H3/b22-20+,23-21+. The second-order valence-corrected chi connectivity index (χ2v) is 8.27. The van der Waals surface area contributed by atoms with Gasteiger partial charge in [0.25, 0.3) is 0 Å². The third-order valence-electron chi connectivity index (χ3n) is 5.09. The molecule has 0 aliphatic rings. The first-order valence-corrected chi connectivity index (χ1v) is 11.1. The molecule has 0 saturated carbocycles. The maximum absolute atomic E-state index is 11.7. The van der Waals surface area contributed by atoms with Crippen molar-refractivity contribution in [1.82, 2.24) is 0 Å². The van der Waals surface area contributed by atoms with E-state index < -0.39 is 11.9 Å². The Morgan fingerprint density at radius 2 is 1.06 bits per heavy atom. The summed E-state index contributed by atoms with van der Waals surface area (Å²) in [5.74, 6) is 2.01. The highest BCUT2D eigenvalue weighted by Gasteiger charge is 2.11. The van der Waals surface area contributed by atoms with Crippen LogP contribution in [0.3, 0.4) is 0 Å². The topological polar surface area (TPSA) is 71.1 Å². The minimum atomic E-state index is -0.488. The summed E-state index contributed by atoms with van der Waals surface area (Å²) in [6.07, 6.45) is 0. The van der Waals surface area contributed by atoms with E-state index in [2.05, 4.69) is 13.2 Å². The zero-order chi connectivity index (χ0) is 26.3. The number of hydrogen-bond acceptors (Lipinski definition) is 6. The summed E-state index contributed by atoms with van der Waals surface area (Å²) >= 11 is 0. The van der Waals surface area contributed by atoms with Crippen LogP contribution in [0, 0.1) is 6.92 Å². The first-order chi connectivity index (χ1) is 16.4. The van der Waals surface area contributed by atoms with Gasteiger partial charge in [0.2, 0.25) is 0 Å². The molecule has 0 saturated heterocycles. The van der Waals surface area contributed by atoms with Gasteiger partial charge in [-0.1, -0.05) is 31.4 Å². The molecule has 0 aliphatic carbocycles. The van der Waals surface area contributed by atoms with Gasteiger partial charge in [0, 0.05) is 11.1 Å².